The Labute approximate surface area is 305 Å². The first-order chi connectivity index (χ1) is 22.4. The van der Waals surface area contributed by atoms with Crippen LogP contribution in [-0.4, -0.2) is 84.6 Å². The van der Waals surface area contributed by atoms with E-state index in [1.165, 1.54) is 54.5 Å². The number of esters is 1. The first-order valence-electron chi connectivity index (χ1n) is 17.9. The molecule has 8 nitrogen and oxygen atoms in total. The van der Waals surface area contributed by atoms with Crippen LogP contribution in [0.2, 0.25) is 4.44 Å². The molecule has 0 radical (unpaired) electrons. The first kappa shape index (κ1) is 46.7. The Balaban J connectivity index is 5.39. The van der Waals surface area contributed by atoms with E-state index in [2.05, 4.69) is 41.5 Å². The fourth-order valence-corrected chi connectivity index (χ4v) is 14.1. The molecule has 0 amide bonds. The van der Waals surface area contributed by atoms with Crippen molar-refractivity contribution >= 4 is 78.8 Å². The number of carbonyl (C=O) groups excluding carboxylic acids is 4. The van der Waals surface area contributed by atoms with E-state index in [0.29, 0.717) is 17.8 Å². The van der Waals surface area contributed by atoms with E-state index < -0.39 is 43.5 Å². The fraction of sp³-hybridized carbons (Fsp3) is 0.886. The normalized spacial score (nSPS) is 11.7. The number of thioether (sulfide) groups is 3. The molecule has 0 aromatic rings. The predicted octanol–water partition coefficient (Wildman–Crippen LogP) is 9.36. The van der Waals surface area contributed by atoms with E-state index in [4.69, 9.17) is 14.0 Å². The molecule has 0 aliphatic rings. The third-order valence-electron chi connectivity index (χ3n) is 7.12. The number of rotatable bonds is 31. The van der Waals surface area contributed by atoms with Gasteiger partial charge in [-0.15, -0.1) is 0 Å². The van der Waals surface area contributed by atoms with Crippen LogP contribution < -0.4 is 0 Å². The maximum atomic E-state index is 13.1. The molecule has 0 saturated heterocycles. The van der Waals surface area contributed by atoms with Crippen LogP contribution in [0.5, 0.6) is 0 Å². The summed E-state index contributed by atoms with van der Waals surface area (Å²) >= 11 is -0.852. The molecule has 0 rings (SSSR count). The van der Waals surface area contributed by atoms with E-state index in [-0.39, 0.29) is 34.7 Å². The molecule has 47 heavy (non-hydrogen) atoms. The molecule has 0 fully saturated rings. The standard InChI is InChI=1S/3C10H20O2S.C5H9O2.Sn/c3*1-9(2)6-4-3-5-7-13-8-10(11)12;1-3-5(6)7-4-2;/h3*9H,3-8H2,1-2H3,(H,11,12);1,3-4H2,2H3;/q;;;;+3/p-3. The van der Waals surface area contributed by atoms with Gasteiger partial charge >= 0.3 is 307 Å². The molecule has 0 heterocycles. The van der Waals surface area contributed by atoms with Crippen molar-refractivity contribution in [1.82, 2.24) is 0 Å². The summed E-state index contributed by atoms with van der Waals surface area (Å²) in [7, 11) is 0. The molecule has 0 bridgehead atoms. The van der Waals surface area contributed by atoms with Gasteiger partial charge < -0.3 is 0 Å². The van der Waals surface area contributed by atoms with Gasteiger partial charge in [-0.25, -0.2) is 0 Å². The van der Waals surface area contributed by atoms with E-state index in [1.807, 2.05) is 0 Å². The summed E-state index contributed by atoms with van der Waals surface area (Å²) in [5.74, 6) is 2.40. The Bertz CT molecular complexity index is 753. The third-order valence-corrected chi connectivity index (χ3v) is 17.2. The van der Waals surface area contributed by atoms with Crippen LogP contribution in [0.4, 0.5) is 0 Å². The Morgan fingerprint density at radius 2 is 0.851 bits per heavy atom. The third kappa shape index (κ3) is 30.3. The zero-order valence-corrected chi connectivity index (χ0v) is 35.9. The summed E-state index contributed by atoms with van der Waals surface area (Å²) < 4.78 is 22.6. The molecule has 0 aromatic heterocycles. The summed E-state index contributed by atoms with van der Waals surface area (Å²) in [6, 6.07) is 0. The Morgan fingerprint density at radius 3 is 1.15 bits per heavy atom. The Hall–Kier alpha value is -0.271. The van der Waals surface area contributed by atoms with Gasteiger partial charge in [0.2, 0.25) is 0 Å². The SMILES string of the molecule is CCOC(=O)C[CH2][Sn]([O]C(=O)CSCCCCCC(C)C)([O]C(=O)CSCCCCCC(C)C)[O]C(=O)CSCCCCCC(C)C. The molecule has 0 aromatic carbocycles. The maximum absolute atomic E-state index is 13.1. The summed E-state index contributed by atoms with van der Waals surface area (Å²) in [5, 5.41) is 0. The summed E-state index contributed by atoms with van der Waals surface area (Å²) in [6.07, 6.45) is 13.2. The molecular weight excluding hydrogens is 763 g/mol. The van der Waals surface area contributed by atoms with Gasteiger partial charge in [0.15, 0.2) is 0 Å². The summed E-state index contributed by atoms with van der Waals surface area (Å²) in [4.78, 5) is 51.6. The number of hydrogen-bond acceptors (Lipinski definition) is 11. The minimum atomic E-state index is -5.23. The second-order valence-corrected chi connectivity index (χ2v) is 23.7. The van der Waals surface area contributed by atoms with Gasteiger partial charge in [-0.05, 0) is 0 Å². The van der Waals surface area contributed by atoms with Crippen LogP contribution in [0.25, 0.3) is 0 Å². The molecule has 0 unspecified atom stereocenters. The van der Waals surface area contributed by atoms with Crippen molar-refractivity contribution in [2.24, 2.45) is 17.8 Å². The quantitative estimate of drug-likeness (QED) is 0.0379. The van der Waals surface area contributed by atoms with Crippen LogP contribution in [0.1, 0.15) is 132 Å². The van der Waals surface area contributed by atoms with Crippen molar-refractivity contribution in [3.8, 4) is 0 Å². The molecule has 0 aliphatic carbocycles. The summed E-state index contributed by atoms with van der Waals surface area (Å²) in [6.45, 7) is 15.2. The van der Waals surface area contributed by atoms with Gasteiger partial charge in [0.25, 0.3) is 0 Å². The van der Waals surface area contributed by atoms with E-state index >= 15 is 0 Å². The van der Waals surface area contributed by atoms with Crippen molar-refractivity contribution in [3.05, 3.63) is 0 Å². The van der Waals surface area contributed by atoms with Gasteiger partial charge in [0.05, 0.1) is 0 Å². The average molecular weight is 830 g/mol. The predicted molar refractivity (Wildman–Crippen MR) is 202 cm³/mol. The number of unbranched alkanes of at least 4 members (excludes halogenated alkanes) is 6. The topological polar surface area (TPSA) is 105 Å². The van der Waals surface area contributed by atoms with E-state index in [9.17, 15) is 19.2 Å². The first-order valence-corrected chi connectivity index (χ1v) is 26.9. The van der Waals surface area contributed by atoms with Crippen molar-refractivity contribution in [1.29, 1.82) is 0 Å². The second-order valence-electron chi connectivity index (χ2n) is 13.3. The van der Waals surface area contributed by atoms with Crippen molar-refractivity contribution in [2.45, 2.75) is 136 Å². The minimum absolute atomic E-state index is 0.0631. The molecule has 0 N–H and O–H groups in total. The van der Waals surface area contributed by atoms with Gasteiger partial charge in [-0.2, -0.15) is 0 Å². The van der Waals surface area contributed by atoms with Crippen LogP contribution in [0.3, 0.4) is 0 Å². The molecule has 276 valence electrons. The van der Waals surface area contributed by atoms with E-state index in [1.54, 1.807) is 6.92 Å². The van der Waals surface area contributed by atoms with E-state index in [0.717, 1.165) is 75.0 Å². The van der Waals surface area contributed by atoms with Gasteiger partial charge in [-0.1, -0.05) is 0 Å². The Morgan fingerprint density at radius 1 is 0.511 bits per heavy atom. The zero-order valence-electron chi connectivity index (χ0n) is 30.6. The average Bonchev–Trinajstić information content (AvgIpc) is 2.98. The molecule has 0 aliphatic heterocycles. The van der Waals surface area contributed by atoms with Crippen LogP contribution in [0, 0.1) is 17.8 Å². The van der Waals surface area contributed by atoms with Crippen molar-refractivity contribution in [3.63, 3.8) is 0 Å². The Kier molecular flexibility index (Phi) is 30.4. The number of hydrogen-bond donors (Lipinski definition) is 0. The molecule has 0 atom stereocenters. The molecule has 0 saturated carbocycles. The second kappa shape index (κ2) is 30.5. The molecule has 12 heteroatoms. The summed E-state index contributed by atoms with van der Waals surface area (Å²) in [5.41, 5.74) is 0. The number of carbonyl (C=O) groups is 4. The fourth-order valence-electron chi connectivity index (χ4n) is 4.58. The monoisotopic (exact) mass is 830 g/mol. The molecule has 0 spiro atoms. The molecular formula is C35H66O8S3Sn. The number of ether oxygens (including phenoxy) is 1. The van der Waals surface area contributed by atoms with Gasteiger partial charge in [0.1, 0.15) is 0 Å². The zero-order chi connectivity index (χ0) is 35.3. The van der Waals surface area contributed by atoms with Crippen molar-refractivity contribution in [2.75, 3.05) is 41.1 Å². The van der Waals surface area contributed by atoms with Gasteiger partial charge in [-0.3, -0.25) is 0 Å². The van der Waals surface area contributed by atoms with Gasteiger partial charge in [0, 0.05) is 0 Å². The van der Waals surface area contributed by atoms with Crippen LogP contribution in [0.15, 0.2) is 0 Å². The van der Waals surface area contributed by atoms with Crippen LogP contribution in [-0.2, 0) is 33.1 Å². The van der Waals surface area contributed by atoms with Crippen LogP contribution >= 0.6 is 35.3 Å². The van der Waals surface area contributed by atoms with Crippen molar-refractivity contribution < 1.29 is 33.1 Å².